The van der Waals surface area contributed by atoms with Gasteiger partial charge in [-0.1, -0.05) is 83.9 Å². The first-order valence-corrected chi connectivity index (χ1v) is 12.9. The lowest BCUT2D eigenvalue weighted by Crippen LogP contribution is -2.02. The topological polar surface area (TPSA) is 92.0 Å². The van der Waals surface area contributed by atoms with Crippen molar-refractivity contribution in [1.82, 2.24) is 19.9 Å². The van der Waals surface area contributed by atoms with Gasteiger partial charge in [-0.05, 0) is 50.2 Å². The van der Waals surface area contributed by atoms with Gasteiger partial charge in [0.1, 0.15) is 11.5 Å². The Morgan fingerprint density at radius 1 is 0.425 bits per heavy atom. The van der Waals surface area contributed by atoms with Crippen LogP contribution in [-0.4, -0.2) is 30.1 Å². The maximum absolute atomic E-state index is 10.7. The molecule has 6 nitrogen and oxygen atoms in total. The van der Waals surface area contributed by atoms with E-state index < -0.39 is 0 Å². The molecule has 0 radical (unpaired) electrons. The SMILES string of the molecule is Cc1ccc(O)c(-c2cc(-c3ccccc3)nc(-c3nc(-c4ccccc4)cc(-c4cc(C)ccc4O)n3)n2)c1. The van der Waals surface area contributed by atoms with E-state index in [2.05, 4.69) is 0 Å². The summed E-state index contributed by atoms with van der Waals surface area (Å²) in [6, 6.07) is 34.2. The van der Waals surface area contributed by atoms with Gasteiger partial charge < -0.3 is 10.2 Å². The van der Waals surface area contributed by atoms with E-state index in [0.29, 0.717) is 45.6 Å². The van der Waals surface area contributed by atoms with E-state index in [9.17, 15) is 10.2 Å². The molecule has 40 heavy (non-hydrogen) atoms. The van der Waals surface area contributed by atoms with Gasteiger partial charge in [-0.25, -0.2) is 19.9 Å². The molecular weight excluding hydrogens is 496 g/mol. The monoisotopic (exact) mass is 522 g/mol. The summed E-state index contributed by atoms with van der Waals surface area (Å²) in [4.78, 5) is 19.5. The van der Waals surface area contributed by atoms with Crippen molar-refractivity contribution < 1.29 is 10.2 Å². The third kappa shape index (κ3) is 5.02. The Bertz CT molecular complexity index is 1700. The third-order valence-electron chi connectivity index (χ3n) is 6.65. The van der Waals surface area contributed by atoms with Gasteiger partial charge in [0.15, 0.2) is 11.6 Å². The maximum Gasteiger partial charge on any atom is 0.198 e. The first-order chi connectivity index (χ1) is 19.4. The average molecular weight is 523 g/mol. The Morgan fingerprint density at radius 3 is 1.20 bits per heavy atom. The molecule has 6 heteroatoms. The fraction of sp³-hybridized carbons (Fsp3) is 0.0588. The van der Waals surface area contributed by atoms with Crippen molar-refractivity contribution in [3.63, 3.8) is 0 Å². The summed E-state index contributed by atoms with van der Waals surface area (Å²) < 4.78 is 0. The van der Waals surface area contributed by atoms with Crippen LogP contribution < -0.4 is 0 Å². The molecule has 6 rings (SSSR count). The summed E-state index contributed by atoms with van der Waals surface area (Å²) in [5.41, 5.74) is 7.43. The molecule has 0 aliphatic heterocycles. The van der Waals surface area contributed by atoms with Gasteiger partial charge in [-0.3, -0.25) is 0 Å². The summed E-state index contributed by atoms with van der Waals surface area (Å²) in [7, 11) is 0. The molecule has 4 aromatic carbocycles. The number of hydrogen-bond donors (Lipinski definition) is 2. The van der Waals surface area contributed by atoms with Crippen LogP contribution >= 0.6 is 0 Å². The molecule has 2 N–H and O–H groups in total. The molecule has 0 bridgehead atoms. The molecular formula is C34H26N4O2. The lowest BCUT2D eigenvalue weighted by Gasteiger charge is -2.13. The van der Waals surface area contributed by atoms with Crippen LogP contribution in [0.15, 0.2) is 109 Å². The van der Waals surface area contributed by atoms with Gasteiger partial charge >= 0.3 is 0 Å². The Kier molecular flexibility index (Phi) is 6.50. The van der Waals surface area contributed by atoms with Crippen LogP contribution in [0.25, 0.3) is 56.7 Å². The molecule has 0 spiro atoms. The minimum atomic E-state index is 0.124. The van der Waals surface area contributed by atoms with Gasteiger partial charge in [0.2, 0.25) is 0 Å². The van der Waals surface area contributed by atoms with Crippen molar-refractivity contribution in [1.29, 1.82) is 0 Å². The molecule has 0 aliphatic carbocycles. The van der Waals surface area contributed by atoms with Gasteiger partial charge in [0.05, 0.1) is 22.8 Å². The van der Waals surface area contributed by atoms with E-state index in [1.807, 2.05) is 111 Å². The second kappa shape index (κ2) is 10.4. The van der Waals surface area contributed by atoms with E-state index in [1.165, 1.54) is 0 Å². The number of phenols is 2. The number of benzene rings is 4. The highest BCUT2D eigenvalue weighted by atomic mass is 16.3. The number of aromatic nitrogens is 4. The molecule has 194 valence electrons. The smallest absolute Gasteiger partial charge is 0.198 e. The minimum absolute atomic E-state index is 0.124. The van der Waals surface area contributed by atoms with Crippen LogP contribution in [0.2, 0.25) is 0 Å². The summed E-state index contributed by atoms with van der Waals surface area (Å²) >= 11 is 0. The van der Waals surface area contributed by atoms with E-state index in [0.717, 1.165) is 22.3 Å². The first kappa shape index (κ1) is 24.9. The van der Waals surface area contributed by atoms with Gasteiger partial charge in [-0.15, -0.1) is 0 Å². The standard InChI is InChI=1S/C34H26N4O2/c1-21-13-15-31(39)25(17-21)29-19-27(23-9-5-3-6-10-23)35-33(37-29)34-36-28(24-11-7-4-8-12-24)20-30(38-34)26-18-22(2)14-16-32(26)40/h3-20,39-40H,1-2H3. The highest BCUT2D eigenvalue weighted by Crippen LogP contribution is 2.35. The second-order valence-corrected chi connectivity index (χ2v) is 9.70. The van der Waals surface area contributed by atoms with Crippen molar-refractivity contribution in [3.05, 3.63) is 120 Å². The van der Waals surface area contributed by atoms with Gasteiger partial charge in [0.25, 0.3) is 0 Å². The molecule has 0 amide bonds. The van der Waals surface area contributed by atoms with E-state index in [-0.39, 0.29) is 11.5 Å². The Hall–Kier alpha value is -5.36. The lowest BCUT2D eigenvalue weighted by molar-refractivity contribution is 0.476. The maximum atomic E-state index is 10.7. The largest absolute Gasteiger partial charge is 0.507 e. The predicted molar refractivity (Wildman–Crippen MR) is 158 cm³/mol. The Labute approximate surface area is 232 Å². The zero-order valence-electron chi connectivity index (χ0n) is 22.1. The van der Waals surface area contributed by atoms with Gasteiger partial charge in [-0.2, -0.15) is 0 Å². The summed E-state index contributed by atoms with van der Waals surface area (Å²) in [5.74, 6) is 0.865. The third-order valence-corrected chi connectivity index (χ3v) is 6.65. The highest BCUT2D eigenvalue weighted by molar-refractivity contribution is 5.77. The first-order valence-electron chi connectivity index (χ1n) is 12.9. The van der Waals surface area contributed by atoms with Crippen LogP contribution in [0.5, 0.6) is 11.5 Å². The molecule has 0 atom stereocenters. The minimum Gasteiger partial charge on any atom is -0.507 e. The van der Waals surface area contributed by atoms with Crippen molar-refractivity contribution in [2.75, 3.05) is 0 Å². The summed E-state index contributed by atoms with van der Waals surface area (Å²) in [5, 5.41) is 21.5. The zero-order valence-corrected chi connectivity index (χ0v) is 22.1. The predicted octanol–water partition coefficient (Wildman–Crippen LogP) is 7.63. The second-order valence-electron chi connectivity index (χ2n) is 9.70. The highest BCUT2D eigenvalue weighted by Gasteiger charge is 2.18. The number of aryl methyl sites for hydroxylation is 2. The molecule has 0 saturated carbocycles. The van der Waals surface area contributed by atoms with Crippen molar-refractivity contribution in [2.45, 2.75) is 13.8 Å². The number of phenolic OH excluding ortho intramolecular Hbond substituents is 2. The summed E-state index contributed by atoms with van der Waals surface area (Å²) in [6.07, 6.45) is 0. The van der Waals surface area contributed by atoms with E-state index in [1.54, 1.807) is 12.1 Å². The Balaban J connectivity index is 1.62. The van der Waals surface area contributed by atoms with Gasteiger partial charge in [0, 0.05) is 22.3 Å². The fourth-order valence-corrected chi connectivity index (χ4v) is 4.59. The molecule has 0 fully saturated rings. The normalized spacial score (nSPS) is 10.9. The van der Waals surface area contributed by atoms with E-state index in [4.69, 9.17) is 19.9 Å². The molecule has 6 aromatic rings. The Morgan fingerprint density at radius 2 is 0.800 bits per heavy atom. The van der Waals surface area contributed by atoms with Crippen LogP contribution in [0.1, 0.15) is 11.1 Å². The quantitative estimate of drug-likeness (QED) is 0.242. The lowest BCUT2D eigenvalue weighted by atomic mass is 10.0. The van der Waals surface area contributed by atoms with Crippen molar-refractivity contribution >= 4 is 0 Å². The van der Waals surface area contributed by atoms with Crippen LogP contribution in [-0.2, 0) is 0 Å². The van der Waals surface area contributed by atoms with E-state index >= 15 is 0 Å². The van der Waals surface area contributed by atoms with Crippen LogP contribution in [0.3, 0.4) is 0 Å². The number of nitrogens with zero attached hydrogens (tertiary/aromatic N) is 4. The van der Waals surface area contributed by atoms with Crippen LogP contribution in [0.4, 0.5) is 0 Å². The van der Waals surface area contributed by atoms with Crippen LogP contribution in [0, 0.1) is 13.8 Å². The molecule has 0 unspecified atom stereocenters. The molecule has 0 saturated heterocycles. The van der Waals surface area contributed by atoms with Crippen molar-refractivity contribution in [3.8, 4) is 68.2 Å². The fourth-order valence-electron chi connectivity index (χ4n) is 4.59. The number of rotatable bonds is 5. The molecule has 2 aromatic heterocycles. The number of aromatic hydroxyl groups is 2. The number of hydrogen-bond acceptors (Lipinski definition) is 6. The average Bonchev–Trinajstić information content (AvgIpc) is 3.00. The molecule has 0 aliphatic rings. The molecule has 2 heterocycles. The zero-order chi connectivity index (χ0) is 27.6. The summed E-state index contributed by atoms with van der Waals surface area (Å²) in [6.45, 7) is 3.94. The van der Waals surface area contributed by atoms with Crippen molar-refractivity contribution in [2.24, 2.45) is 0 Å².